The average molecular weight is 392 g/mol. The van der Waals surface area contributed by atoms with Crippen LogP contribution in [0.3, 0.4) is 0 Å². The Hall–Kier alpha value is -3.07. The van der Waals surface area contributed by atoms with Crippen LogP contribution in [0, 0.1) is 71.0 Å². The molecule has 4 atom stereocenters. The standard InChI is InChI=1S/C6H12O6.6CN.Fe/c7-1-3(9)5(11)6(12)4(10)2-8;6*1-2;/h1,3-6,8-12H,2H2;;;;;;;/q;6*-1;+6/t3-,4+,5+,6+;;;;;;;/m0......./s1. The molecule has 0 unspecified atom stereocenters. The number of aldehydes is 1. The largest absolute Gasteiger partial charge is 6.00 e. The molecule has 0 saturated carbocycles. The molecular weight excluding hydrogens is 380 g/mol. The van der Waals surface area contributed by atoms with Gasteiger partial charge in [0.1, 0.15) is 24.4 Å². The van der Waals surface area contributed by atoms with E-state index in [9.17, 15) is 4.79 Å². The van der Waals surface area contributed by atoms with Crippen molar-refractivity contribution >= 4 is 6.29 Å². The number of carbonyl (C=O) groups is 1. The van der Waals surface area contributed by atoms with E-state index in [2.05, 4.69) is 0 Å². The third-order valence-electron chi connectivity index (χ3n) is 1.42. The Morgan fingerprint density at radius 2 is 0.920 bits per heavy atom. The van der Waals surface area contributed by atoms with Crippen molar-refractivity contribution in [2.24, 2.45) is 0 Å². The maximum absolute atomic E-state index is 9.90. The number of carbonyl (C=O) groups excluding carboxylic acids is 1. The predicted octanol–water partition coefficient (Wildman–Crippen LogP) is -2.80. The Balaban J connectivity index is -0.0000000314. The molecule has 0 aliphatic rings. The molecule has 0 aromatic rings. The minimum atomic E-state index is -1.79. The second-order valence-corrected chi connectivity index (χ2v) is 2.36. The van der Waals surface area contributed by atoms with Gasteiger partial charge in [-0.3, -0.25) is 0 Å². The van der Waals surface area contributed by atoms with Gasteiger partial charge >= 0.3 is 17.1 Å². The van der Waals surface area contributed by atoms with Crippen molar-refractivity contribution in [2.45, 2.75) is 24.4 Å². The predicted molar refractivity (Wildman–Crippen MR) is 67.0 cm³/mol. The summed E-state index contributed by atoms with van der Waals surface area (Å²) in [5.41, 5.74) is 0. The molecule has 0 heterocycles. The van der Waals surface area contributed by atoms with Gasteiger partial charge in [-0.25, -0.2) is 0 Å². The monoisotopic (exact) mass is 392 g/mol. The topological polar surface area (TPSA) is 261 Å². The van der Waals surface area contributed by atoms with Gasteiger partial charge in [-0.05, 0) is 0 Å². The molecule has 0 bridgehead atoms. The first-order valence-corrected chi connectivity index (χ1v) is 4.67. The molecule has 5 N–H and O–H groups in total. The van der Waals surface area contributed by atoms with Gasteiger partial charge in [-0.2, -0.15) is 0 Å². The molecule has 0 fully saturated rings. The van der Waals surface area contributed by atoms with Gasteiger partial charge < -0.3 is 101 Å². The third kappa shape index (κ3) is 44.9. The summed E-state index contributed by atoms with van der Waals surface area (Å²) in [6, 6.07) is 0. The van der Waals surface area contributed by atoms with Gasteiger partial charge in [-0.1, -0.05) is 0 Å². The maximum atomic E-state index is 9.90. The van der Waals surface area contributed by atoms with Crippen LogP contribution in [0.1, 0.15) is 0 Å². The van der Waals surface area contributed by atoms with E-state index in [1.807, 2.05) is 0 Å². The number of aliphatic hydroxyl groups is 5. The van der Waals surface area contributed by atoms with E-state index in [4.69, 9.17) is 96.5 Å². The molecule has 0 aromatic carbocycles. The fraction of sp³-hybridized carbons (Fsp3) is 0.417. The van der Waals surface area contributed by atoms with Gasteiger partial charge in [0.15, 0.2) is 6.29 Å². The molecule has 0 rings (SSSR count). The summed E-state index contributed by atoms with van der Waals surface area (Å²) in [6.45, 7) is 27.7. The van der Waals surface area contributed by atoms with E-state index >= 15 is 0 Å². The Morgan fingerprint density at radius 1 is 0.680 bits per heavy atom. The van der Waals surface area contributed by atoms with Crippen LogP contribution < -0.4 is 0 Å². The SMILES string of the molecule is O=C[C@H](O)[C@@H](O)[C@H](O)[C@H](O)CO.[C-]#N.[C-]#N.[C-]#N.[C-]#N.[C-]#N.[C-]#N.[Fe+6]. The normalized spacial score (nSPS) is 10.6. The number of hydrogen-bond acceptors (Lipinski definition) is 12. The molecule has 0 spiro atoms. The summed E-state index contributed by atoms with van der Waals surface area (Å²) in [5, 5.41) is 81.0. The van der Waals surface area contributed by atoms with Crippen molar-refractivity contribution in [1.82, 2.24) is 0 Å². The van der Waals surface area contributed by atoms with Crippen molar-refractivity contribution in [3.8, 4) is 0 Å². The van der Waals surface area contributed by atoms with Gasteiger partial charge in [0.25, 0.3) is 0 Å². The zero-order chi connectivity index (χ0) is 21.7. The molecule has 12 nitrogen and oxygen atoms in total. The number of aliphatic hydroxyl groups excluding tert-OH is 5. The maximum Gasteiger partial charge on any atom is 6.00 e. The molecular formula is C12H12FeN6O6. The van der Waals surface area contributed by atoms with Crippen LogP contribution in [0.25, 0.3) is 0 Å². The smallest absolute Gasteiger partial charge is 0.512 e. The van der Waals surface area contributed by atoms with Crippen LogP contribution in [-0.2, 0) is 21.9 Å². The Morgan fingerprint density at radius 3 is 1.08 bits per heavy atom. The fourth-order valence-corrected chi connectivity index (χ4v) is 0.618. The van der Waals surface area contributed by atoms with Gasteiger partial charge in [0.05, 0.1) is 6.61 Å². The van der Waals surface area contributed by atoms with E-state index in [-0.39, 0.29) is 23.4 Å². The van der Waals surface area contributed by atoms with Crippen LogP contribution in [0.2, 0.25) is 0 Å². The number of nitrogens with zero attached hydrogens (tertiary/aromatic N) is 6. The van der Waals surface area contributed by atoms with Gasteiger partial charge in [0, 0.05) is 0 Å². The van der Waals surface area contributed by atoms with E-state index < -0.39 is 31.0 Å². The van der Waals surface area contributed by atoms with Crippen LogP contribution in [0.5, 0.6) is 0 Å². The molecule has 0 saturated heterocycles. The van der Waals surface area contributed by atoms with E-state index in [0.29, 0.717) is 0 Å². The molecule has 134 valence electrons. The van der Waals surface area contributed by atoms with Crippen LogP contribution in [0.4, 0.5) is 0 Å². The Bertz CT molecular complexity index is 311. The molecule has 0 radical (unpaired) electrons. The van der Waals surface area contributed by atoms with Gasteiger partial charge in [-0.15, -0.1) is 0 Å². The van der Waals surface area contributed by atoms with Crippen molar-refractivity contribution in [1.29, 1.82) is 31.6 Å². The minimum absolute atomic E-state index is 0. The minimum Gasteiger partial charge on any atom is -0.512 e. The second-order valence-electron chi connectivity index (χ2n) is 2.36. The first kappa shape index (κ1) is 49.5. The van der Waals surface area contributed by atoms with Gasteiger partial charge in [0.2, 0.25) is 0 Å². The van der Waals surface area contributed by atoms with E-state index in [1.54, 1.807) is 0 Å². The molecule has 13 heteroatoms. The molecule has 0 aliphatic carbocycles. The second kappa shape index (κ2) is 69.6. The van der Waals surface area contributed by atoms with Crippen LogP contribution >= 0.6 is 0 Å². The summed E-state index contributed by atoms with van der Waals surface area (Å²) in [7, 11) is 0. The fourth-order valence-electron chi connectivity index (χ4n) is 0.618. The third-order valence-corrected chi connectivity index (χ3v) is 1.42. The van der Waals surface area contributed by atoms with Crippen LogP contribution in [0.15, 0.2) is 0 Å². The van der Waals surface area contributed by atoms with Crippen LogP contribution in [-0.4, -0.2) is 62.8 Å². The first-order chi connectivity index (χ1) is 11.5. The molecule has 0 aromatic heterocycles. The zero-order valence-corrected chi connectivity index (χ0v) is 13.4. The average Bonchev–Trinajstić information content (AvgIpc) is 2.74. The zero-order valence-electron chi connectivity index (χ0n) is 12.3. The summed E-state index contributed by atoms with van der Waals surface area (Å²) >= 11 is 0. The first-order valence-electron chi connectivity index (χ1n) is 4.67. The molecule has 0 aliphatic heterocycles. The molecule has 0 amide bonds. The molecule has 25 heavy (non-hydrogen) atoms. The Labute approximate surface area is 156 Å². The number of rotatable bonds is 5. The Kier molecular flexibility index (Phi) is 138. The summed E-state index contributed by atoms with van der Waals surface area (Å²) in [6.07, 6.45) is -6.84. The summed E-state index contributed by atoms with van der Waals surface area (Å²) in [5.74, 6) is 0. The van der Waals surface area contributed by atoms with Crippen molar-refractivity contribution < 1.29 is 47.4 Å². The van der Waals surface area contributed by atoms with Crippen molar-refractivity contribution in [2.75, 3.05) is 6.61 Å². The quantitative estimate of drug-likeness (QED) is 0.180. The van der Waals surface area contributed by atoms with E-state index in [0.717, 1.165) is 0 Å². The summed E-state index contributed by atoms with van der Waals surface area (Å²) in [4.78, 5) is 9.90. The van der Waals surface area contributed by atoms with Crippen molar-refractivity contribution in [3.05, 3.63) is 39.4 Å². The summed E-state index contributed by atoms with van der Waals surface area (Å²) < 4.78 is 0. The number of hydrogen-bond donors (Lipinski definition) is 5. The van der Waals surface area contributed by atoms with Crippen molar-refractivity contribution in [3.63, 3.8) is 0 Å². The van der Waals surface area contributed by atoms with E-state index in [1.165, 1.54) is 0 Å².